The highest BCUT2D eigenvalue weighted by atomic mass is 16.5. The highest BCUT2D eigenvalue weighted by molar-refractivity contribution is 5.66. The number of aliphatic hydroxyl groups is 1. The van der Waals surface area contributed by atoms with Crippen LogP contribution in [-0.2, 0) is 4.79 Å². The Balaban J connectivity index is 1.85. The van der Waals surface area contributed by atoms with E-state index in [-0.39, 0.29) is 6.42 Å². The molecule has 1 saturated carbocycles. The smallest absolute Gasteiger partial charge is 0.303 e. The normalized spacial score (nSPS) is 16.8. The van der Waals surface area contributed by atoms with E-state index >= 15 is 0 Å². The summed E-state index contributed by atoms with van der Waals surface area (Å²) in [5.74, 6) is 0.641. The molecule has 0 bridgehead atoms. The number of benzene rings is 1. The molecule has 0 saturated heterocycles. The molecular formula is C19H29NO4. The molecule has 0 aliphatic heterocycles. The number of para-hydroxylation sites is 1. The molecule has 0 radical (unpaired) electrons. The molecule has 0 amide bonds. The Morgan fingerprint density at radius 1 is 1.29 bits per heavy atom. The predicted molar refractivity (Wildman–Crippen MR) is 92.9 cm³/mol. The third-order valence-corrected chi connectivity index (χ3v) is 4.82. The standard InChI is InChI=1S/C19H29NO4/c1-14(15-11-12-15)20(2)19(23)16-8-5-6-9-17(16)24-13-7-3-4-10-18(21)22/h5-6,8-9,14-15,19,23H,3-4,7,10-13H2,1-2H3,(H,21,22). The maximum absolute atomic E-state index is 10.7. The zero-order chi connectivity index (χ0) is 17.5. The van der Waals surface area contributed by atoms with Gasteiger partial charge in [-0.2, -0.15) is 0 Å². The number of nitrogens with zero attached hydrogens (tertiary/aromatic N) is 1. The maximum atomic E-state index is 10.7. The van der Waals surface area contributed by atoms with Crippen molar-refractivity contribution in [2.45, 2.75) is 57.7 Å². The van der Waals surface area contributed by atoms with E-state index in [1.165, 1.54) is 12.8 Å². The van der Waals surface area contributed by atoms with E-state index in [0.29, 0.717) is 30.7 Å². The molecule has 2 unspecified atom stereocenters. The van der Waals surface area contributed by atoms with Crippen LogP contribution < -0.4 is 4.74 Å². The molecular weight excluding hydrogens is 306 g/mol. The van der Waals surface area contributed by atoms with Gasteiger partial charge in [-0.1, -0.05) is 18.2 Å². The number of aliphatic carboxylic acids is 1. The van der Waals surface area contributed by atoms with Gasteiger partial charge in [-0.05, 0) is 58.1 Å². The molecule has 1 aliphatic rings. The van der Waals surface area contributed by atoms with Crippen molar-refractivity contribution in [1.29, 1.82) is 0 Å². The molecule has 1 aromatic carbocycles. The second-order valence-electron chi connectivity index (χ2n) is 6.71. The Labute approximate surface area is 144 Å². The third kappa shape index (κ3) is 5.49. The molecule has 1 aliphatic carbocycles. The first-order valence-electron chi connectivity index (χ1n) is 8.84. The Morgan fingerprint density at radius 2 is 2.00 bits per heavy atom. The van der Waals surface area contributed by atoms with Crippen molar-refractivity contribution < 1.29 is 19.7 Å². The Hall–Kier alpha value is -1.59. The van der Waals surface area contributed by atoms with Gasteiger partial charge in [0.15, 0.2) is 0 Å². The zero-order valence-electron chi connectivity index (χ0n) is 14.6. The first-order chi connectivity index (χ1) is 11.5. The molecule has 0 heterocycles. The maximum Gasteiger partial charge on any atom is 0.303 e. The van der Waals surface area contributed by atoms with Gasteiger partial charge in [0.05, 0.1) is 6.61 Å². The van der Waals surface area contributed by atoms with Crippen molar-refractivity contribution in [2.75, 3.05) is 13.7 Å². The second kappa shape index (κ2) is 9.04. The molecule has 2 atom stereocenters. The van der Waals surface area contributed by atoms with Gasteiger partial charge in [-0.25, -0.2) is 0 Å². The summed E-state index contributed by atoms with van der Waals surface area (Å²) in [6.07, 6.45) is 4.33. The van der Waals surface area contributed by atoms with Crippen LogP contribution in [0.15, 0.2) is 24.3 Å². The predicted octanol–water partition coefficient (Wildman–Crippen LogP) is 3.43. The van der Waals surface area contributed by atoms with E-state index in [1.807, 2.05) is 36.2 Å². The number of carboxylic acids is 1. The van der Waals surface area contributed by atoms with Crippen LogP contribution in [0.2, 0.25) is 0 Å². The van der Waals surface area contributed by atoms with Crippen LogP contribution in [0.3, 0.4) is 0 Å². The minimum atomic E-state index is -0.753. The summed E-state index contributed by atoms with van der Waals surface area (Å²) in [5.41, 5.74) is 0.790. The molecule has 24 heavy (non-hydrogen) atoms. The first kappa shape index (κ1) is 18.7. The van der Waals surface area contributed by atoms with E-state index in [9.17, 15) is 9.90 Å². The van der Waals surface area contributed by atoms with Crippen LogP contribution in [0.5, 0.6) is 5.75 Å². The van der Waals surface area contributed by atoms with Gasteiger partial charge in [0.1, 0.15) is 12.0 Å². The topological polar surface area (TPSA) is 70.0 Å². The zero-order valence-corrected chi connectivity index (χ0v) is 14.6. The van der Waals surface area contributed by atoms with Crippen LogP contribution in [0, 0.1) is 5.92 Å². The van der Waals surface area contributed by atoms with Gasteiger partial charge in [0, 0.05) is 18.0 Å². The summed E-state index contributed by atoms with van der Waals surface area (Å²) in [7, 11) is 1.95. The van der Waals surface area contributed by atoms with Gasteiger partial charge in [0.25, 0.3) is 0 Å². The Morgan fingerprint density at radius 3 is 2.67 bits per heavy atom. The van der Waals surface area contributed by atoms with Crippen LogP contribution in [0.4, 0.5) is 0 Å². The molecule has 2 rings (SSSR count). The summed E-state index contributed by atoms with van der Waals surface area (Å²) >= 11 is 0. The minimum Gasteiger partial charge on any atom is -0.493 e. The number of hydrogen-bond donors (Lipinski definition) is 2. The van der Waals surface area contributed by atoms with Crippen LogP contribution in [0.1, 0.15) is 57.2 Å². The van der Waals surface area contributed by atoms with E-state index in [1.54, 1.807) is 0 Å². The fourth-order valence-electron chi connectivity index (χ4n) is 2.92. The van der Waals surface area contributed by atoms with E-state index in [0.717, 1.165) is 18.4 Å². The summed E-state index contributed by atoms with van der Waals surface area (Å²) in [6, 6.07) is 7.95. The van der Waals surface area contributed by atoms with E-state index < -0.39 is 12.2 Å². The van der Waals surface area contributed by atoms with Crippen molar-refractivity contribution in [3.05, 3.63) is 29.8 Å². The molecule has 5 heteroatoms. The summed E-state index contributed by atoms with van der Waals surface area (Å²) < 4.78 is 5.84. The average Bonchev–Trinajstić information content (AvgIpc) is 3.41. The fourth-order valence-corrected chi connectivity index (χ4v) is 2.92. The first-order valence-corrected chi connectivity index (χ1v) is 8.84. The number of ether oxygens (including phenoxy) is 1. The highest BCUT2D eigenvalue weighted by Gasteiger charge is 2.33. The van der Waals surface area contributed by atoms with Crippen molar-refractivity contribution in [3.63, 3.8) is 0 Å². The van der Waals surface area contributed by atoms with Gasteiger partial charge in [-0.3, -0.25) is 9.69 Å². The van der Waals surface area contributed by atoms with Gasteiger partial charge < -0.3 is 14.9 Å². The molecule has 1 aromatic rings. The molecule has 2 N–H and O–H groups in total. The molecule has 0 aromatic heterocycles. The molecule has 1 fully saturated rings. The monoisotopic (exact) mass is 335 g/mol. The van der Waals surface area contributed by atoms with Crippen molar-refractivity contribution in [1.82, 2.24) is 4.90 Å². The Bertz CT molecular complexity index is 530. The van der Waals surface area contributed by atoms with E-state index in [2.05, 4.69) is 6.92 Å². The number of unbranched alkanes of at least 4 members (excludes halogenated alkanes) is 2. The van der Waals surface area contributed by atoms with Crippen molar-refractivity contribution in [3.8, 4) is 5.75 Å². The molecule has 0 spiro atoms. The largest absolute Gasteiger partial charge is 0.493 e. The lowest BCUT2D eigenvalue weighted by Gasteiger charge is -2.30. The van der Waals surface area contributed by atoms with Gasteiger partial charge >= 0.3 is 5.97 Å². The summed E-state index contributed by atoms with van der Waals surface area (Å²) in [4.78, 5) is 12.5. The summed E-state index contributed by atoms with van der Waals surface area (Å²) in [6.45, 7) is 2.69. The number of carbonyl (C=O) groups is 1. The number of rotatable bonds is 11. The minimum absolute atomic E-state index is 0.207. The van der Waals surface area contributed by atoms with Crippen LogP contribution >= 0.6 is 0 Å². The third-order valence-electron chi connectivity index (χ3n) is 4.82. The van der Waals surface area contributed by atoms with Gasteiger partial charge in [0.2, 0.25) is 0 Å². The Kier molecular flexibility index (Phi) is 7.06. The summed E-state index contributed by atoms with van der Waals surface area (Å²) in [5, 5.41) is 19.3. The second-order valence-corrected chi connectivity index (χ2v) is 6.71. The highest BCUT2D eigenvalue weighted by Crippen LogP contribution is 2.38. The number of carboxylic acid groups (broad SMARTS) is 1. The number of aliphatic hydroxyl groups excluding tert-OH is 1. The average molecular weight is 335 g/mol. The molecule has 5 nitrogen and oxygen atoms in total. The quantitative estimate of drug-likeness (QED) is 0.479. The SMILES string of the molecule is CC(C1CC1)N(C)C(O)c1ccccc1OCCCCCC(=O)O. The number of hydrogen-bond acceptors (Lipinski definition) is 4. The van der Waals surface area contributed by atoms with Gasteiger partial charge in [-0.15, -0.1) is 0 Å². The van der Waals surface area contributed by atoms with E-state index in [4.69, 9.17) is 9.84 Å². The van der Waals surface area contributed by atoms with Crippen molar-refractivity contribution in [2.24, 2.45) is 5.92 Å². The molecule has 134 valence electrons. The van der Waals surface area contributed by atoms with Crippen LogP contribution in [0.25, 0.3) is 0 Å². The van der Waals surface area contributed by atoms with Crippen LogP contribution in [-0.4, -0.2) is 40.8 Å². The fraction of sp³-hybridized carbons (Fsp3) is 0.632. The van der Waals surface area contributed by atoms with Crippen molar-refractivity contribution >= 4 is 5.97 Å². The lowest BCUT2D eigenvalue weighted by molar-refractivity contribution is -0.137. The lowest BCUT2D eigenvalue weighted by atomic mass is 10.1. The lowest BCUT2D eigenvalue weighted by Crippen LogP contribution is -2.34.